The maximum Gasteiger partial charge on any atom is 0.320 e. The van der Waals surface area contributed by atoms with Crippen molar-refractivity contribution in [3.63, 3.8) is 0 Å². The van der Waals surface area contributed by atoms with Crippen molar-refractivity contribution in [2.45, 2.75) is 24.9 Å². The Labute approximate surface area is 105 Å². The van der Waals surface area contributed by atoms with Crippen molar-refractivity contribution in [1.29, 1.82) is 0 Å². The molecule has 0 amide bonds. The molecule has 0 aromatic rings. The second kappa shape index (κ2) is 5.24. The molecule has 0 aromatic carbocycles. The smallest absolute Gasteiger partial charge is 0.320 e. The van der Waals surface area contributed by atoms with Gasteiger partial charge in [-0.2, -0.15) is 0 Å². The monoisotopic (exact) mass is 258 g/mol. The van der Waals surface area contributed by atoms with E-state index in [1.54, 1.807) is 0 Å². The Morgan fingerprint density at radius 3 is 2.78 bits per heavy atom. The van der Waals surface area contributed by atoms with Crippen molar-refractivity contribution in [1.82, 2.24) is 0 Å². The van der Waals surface area contributed by atoms with Crippen molar-refractivity contribution in [3.05, 3.63) is 0 Å². The molecule has 3 unspecified atom stereocenters. The van der Waals surface area contributed by atoms with Gasteiger partial charge in [-0.25, -0.2) is 0 Å². The minimum Gasteiger partial charge on any atom is -0.481 e. The number of hydrogen-bond donors (Lipinski definition) is 1. The molecule has 6 nitrogen and oxygen atoms in total. The summed E-state index contributed by atoms with van der Waals surface area (Å²) < 4.78 is 15.6. The van der Waals surface area contributed by atoms with Crippen LogP contribution in [0.5, 0.6) is 0 Å². The number of carbonyl (C=O) groups excluding carboxylic acids is 1. The number of aliphatic carboxylic acids is 1. The number of ether oxygens (including phenoxy) is 3. The quantitative estimate of drug-likeness (QED) is 0.584. The van der Waals surface area contributed by atoms with Crippen molar-refractivity contribution in [2.75, 3.05) is 26.9 Å². The van der Waals surface area contributed by atoms with Crippen molar-refractivity contribution < 1.29 is 28.9 Å². The molecular formula is C12H18O6. The first kappa shape index (κ1) is 13.3. The SMILES string of the molecule is COC(=O)C(C(=O)O)C1CCOC2(CCOC2)C1. The average molecular weight is 258 g/mol. The molecular weight excluding hydrogens is 240 g/mol. The van der Waals surface area contributed by atoms with Crippen LogP contribution in [0.25, 0.3) is 0 Å². The summed E-state index contributed by atoms with van der Waals surface area (Å²) >= 11 is 0. The third-order valence-corrected chi connectivity index (χ3v) is 3.79. The molecule has 1 N–H and O–H groups in total. The van der Waals surface area contributed by atoms with Gasteiger partial charge in [0.2, 0.25) is 0 Å². The molecule has 0 radical (unpaired) electrons. The molecule has 3 atom stereocenters. The molecule has 0 aliphatic carbocycles. The van der Waals surface area contributed by atoms with Gasteiger partial charge in [-0.1, -0.05) is 0 Å². The van der Waals surface area contributed by atoms with Gasteiger partial charge in [-0.05, 0) is 18.8 Å². The van der Waals surface area contributed by atoms with E-state index >= 15 is 0 Å². The fourth-order valence-electron chi connectivity index (χ4n) is 2.84. The third-order valence-electron chi connectivity index (χ3n) is 3.79. The average Bonchev–Trinajstić information content (AvgIpc) is 2.77. The topological polar surface area (TPSA) is 82.1 Å². The van der Waals surface area contributed by atoms with Crippen molar-refractivity contribution in [3.8, 4) is 0 Å². The van der Waals surface area contributed by atoms with Crippen LogP contribution in [-0.4, -0.2) is 49.6 Å². The molecule has 2 heterocycles. The van der Waals surface area contributed by atoms with Crippen LogP contribution in [0.2, 0.25) is 0 Å². The maximum atomic E-state index is 11.6. The van der Waals surface area contributed by atoms with Crippen LogP contribution in [0.4, 0.5) is 0 Å². The second-order valence-electron chi connectivity index (χ2n) is 4.93. The highest BCUT2D eigenvalue weighted by atomic mass is 16.6. The van der Waals surface area contributed by atoms with Gasteiger partial charge in [0.1, 0.15) is 0 Å². The molecule has 0 saturated carbocycles. The van der Waals surface area contributed by atoms with E-state index in [-0.39, 0.29) is 5.92 Å². The highest BCUT2D eigenvalue weighted by Crippen LogP contribution is 2.39. The highest BCUT2D eigenvalue weighted by molar-refractivity contribution is 5.94. The summed E-state index contributed by atoms with van der Waals surface area (Å²) in [7, 11) is 1.21. The number of carbonyl (C=O) groups is 2. The minimum absolute atomic E-state index is 0.245. The highest BCUT2D eigenvalue weighted by Gasteiger charge is 2.46. The largest absolute Gasteiger partial charge is 0.481 e. The molecule has 102 valence electrons. The van der Waals surface area contributed by atoms with Crippen molar-refractivity contribution in [2.24, 2.45) is 11.8 Å². The Morgan fingerprint density at radius 2 is 2.22 bits per heavy atom. The third kappa shape index (κ3) is 2.49. The minimum atomic E-state index is -1.12. The van der Waals surface area contributed by atoms with E-state index < -0.39 is 23.5 Å². The summed E-state index contributed by atoms with van der Waals surface area (Å²) in [4.78, 5) is 22.8. The van der Waals surface area contributed by atoms with E-state index in [0.29, 0.717) is 32.7 Å². The first-order valence-electron chi connectivity index (χ1n) is 6.10. The number of hydrogen-bond acceptors (Lipinski definition) is 5. The summed E-state index contributed by atoms with van der Waals surface area (Å²) in [5, 5.41) is 9.19. The maximum absolute atomic E-state index is 11.6. The number of rotatable bonds is 3. The summed E-state index contributed by atoms with van der Waals surface area (Å²) in [5.74, 6) is -3.15. The van der Waals surface area contributed by atoms with E-state index in [2.05, 4.69) is 4.74 Å². The summed E-state index contributed by atoms with van der Waals surface area (Å²) in [6, 6.07) is 0. The zero-order valence-corrected chi connectivity index (χ0v) is 10.4. The number of carboxylic acids is 1. The van der Waals surface area contributed by atoms with Crippen LogP contribution in [0.15, 0.2) is 0 Å². The Bertz CT molecular complexity index is 333. The van der Waals surface area contributed by atoms with Crippen molar-refractivity contribution >= 4 is 11.9 Å². The summed E-state index contributed by atoms with van der Waals surface area (Å²) in [6.45, 7) is 1.58. The molecule has 2 saturated heterocycles. The molecule has 0 aromatic heterocycles. The van der Waals surface area contributed by atoms with Gasteiger partial charge in [-0.3, -0.25) is 9.59 Å². The van der Waals surface area contributed by atoms with Crippen LogP contribution in [-0.2, 0) is 23.8 Å². The lowest BCUT2D eigenvalue weighted by Crippen LogP contribution is -2.45. The van der Waals surface area contributed by atoms with Crippen LogP contribution in [0.1, 0.15) is 19.3 Å². The molecule has 2 fully saturated rings. The van der Waals surface area contributed by atoms with Gasteiger partial charge in [0.25, 0.3) is 0 Å². The van der Waals surface area contributed by atoms with Gasteiger partial charge in [0.15, 0.2) is 5.92 Å². The molecule has 2 aliphatic rings. The van der Waals surface area contributed by atoms with E-state index in [1.807, 2.05) is 0 Å². The number of esters is 1. The predicted molar refractivity (Wildman–Crippen MR) is 60.0 cm³/mol. The summed E-state index contributed by atoms with van der Waals surface area (Å²) in [5.41, 5.74) is -0.398. The van der Waals surface area contributed by atoms with E-state index in [1.165, 1.54) is 7.11 Å². The molecule has 0 bridgehead atoms. The van der Waals surface area contributed by atoms with Crippen LogP contribution in [0, 0.1) is 11.8 Å². The fourth-order valence-corrected chi connectivity index (χ4v) is 2.84. The fraction of sp³-hybridized carbons (Fsp3) is 0.833. The first-order valence-corrected chi connectivity index (χ1v) is 6.10. The van der Waals surface area contributed by atoms with Gasteiger partial charge in [0, 0.05) is 19.6 Å². The Kier molecular flexibility index (Phi) is 3.87. The molecule has 6 heteroatoms. The van der Waals surface area contributed by atoms with E-state index in [0.717, 1.165) is 6.42 Å². The number of carboxylic acid groups (broad SMARTS) is 1. The van der Waals surface area contributed by atoms with E-state index in [4.69, 9.17) is 9.47 Å². The van der Waals surface area contributed by atoms with Gasteiger partial charge in [0.05, 0.1) is 19.3 Å². The zero-order chi connectivity index (χ0) is 13.2. The number of methoxy groups -OCH3 is 1. The van der Waals surface area contributed by atoms with Gasteiger partial charge in [-0.15, -0.1) is 0 Å². The van der Waals surface area contributed by atoms with Crippen LogP contribution < -0.4 is 0 Å². The van der Waals surface area contributed by atoms with Gasteiger partial charge < -0.3 is 19.3 Å². The van der Waals surface area contributed by atoms with Gasteiger partial charge >= 0.3 is 11.9 Å². The second-order valence-corrected chi connectivity index (χ2v) is 4.93. The lowest BCUT2D eigenvalue weighted by Gasteiger charge is -2.38. The normalized spacial score (nSPS) is 33.3. The zero-order valence-electron chi connectivity index (χ0n) is 10.4. The lowest BCUT2D eigenvalue weighted by atomic mass is 9.78. The summed E-state index contributed by atoms with van der Waals surface area (Å²) in [6.07, 6.45) is 1.86. The standard InChI is InChI=1S/C12H18O6/c1-16-11(15)9(10(13)14)8-2-4-18-12(6-8)3-5-17-7-12/h8-9H,2-7H2,1H3,(H,13,14). The Morgan fingerprint density at radius 1 is 1.44 bits per heavy atom. The Hall–Kier alpha value is -1.14. The predicted octanol–water partition coefficient (Wildman–Crippen LogP) is 0.446. The van der Waals surface area contributed by atoms with Crippen LogP contribution >= 0.6 is 0 Å². The first-order chi connectivity index (χ1) is 8.58. The molecule has 1 spiro atoms. The lowest BCUT2D eigenvalue weighted by molar-refractivity contribution is -0.166. The molecule has 2 aliphatic heterocycles. The molecule has 18 heavy (non-hydrogen) atoms. The molecule has 2 rings (SSSR count). The van der Waals surface area contributed by atoms with E-state index in [9.17, 15) is 14.7 Å². The van der Waals surface area contributed by atoms with Crippen LogP contribution in [0.3, 0.4) is 0 Å². The Balaban J connectivity index is 2.10.